The van der Waals surface area contributed by atoms with Gasteiger partial charge < -0.3 is 5.32 Å². The number of nitriles is 1. The Bertz CT molecular complexity index is 244. The molecule has 0 aliphatic heterocycles. The summed E-state index contributed by atoms with van der Waals surface area (Å²) in [5, 5.41) is 12.4. The summed E-state index contributed by atoms with van der Waals surface area (Å²) >= 11 is 0. The minimum atomic E-state index is 0.246. The van der Waals surface area contributed by atoms with Gasteiger partial charge in [-0.05, 0) is 31.6 Å². The summed E-state index contributed by atoms with van der Waals surface area (Å²) < 4.78 is 0. The van der Waals surface area contributed by atoms with E-state index in [0.29, 0.717) is 12.0 Å². The van der Waals surface area contributed by atoms with Gasteiger partial charge in [-0.3, -0.25) is 0 Å². The first-order valence-corrected chi connectivity index (χ1v) is 6.59. The van der Waals surface area contributed by atoms with Gasteiger partial charge in [0.15, 0.2) is 0 Å². The van der Waals surface area contributed by atoms with E-state index in [2.05, 4.69) is 32.2 Å². The Kier molecular flexibility index (Phi) is 4.80. The summed E-state index contributed by atoms with van der Waals surface area (Å²) in [6.45, 7) is 7.89. The van der Waals surface area contributed by atoms with E-state index in [0.717, 1.165) is 13.0 Å². The van der Waals surface area contributed by atoms with Gasteiger partial charge in [0.1, 0.15) is 0 Å². The van der Waals surface area contributed by atoms with Crippen molar-refractivity contribution in [2.24, 2.45) is 5.41 Å². The summed E-state index contributed by atoms with van der Waals surface area (Å²) in [5.74, 6) is 0. The van der Waals surface area contributed by atoms with Crippen molar-refractivity contribution < 1.29 is 0 Å². The molecule has 92 valence electrons. The highest BCUT2D eigenvalue weighted by molar-refractivity contribution is 4.89. The van der Waals surface area contributed by atoms with Crippen LogP contribution in [0.1, 0.15) is 65.7 Å². The SMILES string of the molecule is CC(C)(CCC#N)CNC1(C)CCCCC1. The lowest BCUT2D eigenvalue weighted by atomic mass is 9.81. The van der Waals surface area contributed by atoms with Gasteiger partial charge in [-0.15, -0.1) is 0 Å². The Morgan fingerprint density at radius 2 is 1.88 bits per heavy atom. The Balaban J connectivity index is 2.34. The average molecular weight is 222 g/mol. The molecule has 0 radical (unpaired) electrons. The second-order valence-electron chi connectivity index (χ2n) is 6.30. The molecule has 1 saturated carbocycles. The Morgan fingerprint density at radius 3 is 2.44 bits per heavy atom. The third kappa shape index (κ3) is 4.53. The van der Waals surface area contributed by atoms with Gasteiger partial charge in [0, 0.05) is 18.5 Å². The van der Waals surface area contributed by atoms with E-state index in [9.17, 15) is 0 Å². The molecule has 0 spiro atoms. The van der Waals surface area contributed by atoms with Crippen molar-refractivity contribution in [1.82, 2.24) is 5.32 Å². The summed E-state index contributed by atoms with van der Waals surface area (Å²) in [6, 6.07) is 2.24. The monoisotopic (exact) mass is 222 g/mol. The zero-order valence-corrected chi connectivity index (χ0v) is 11.1. The van der Waals surface area contributed by atoms with Crippen molar-refractivity contribution in [3.05, 3.63) is 0 Å². The van der Waals surface area contributed by atoms with E-state index in [1.807, 2.05) is 0 Å². The van der Waals surface area contributed by atoms with Gasteiger partial charge >= 0.3 is 0 Å². The van der Waals surface area contributed by atoms with Crippen LogP contribution in [0, 0.1) is 16.7 Å². The van der Waals surface area contributed by atoms with Gasteiger partial charge in [-0.2, -0.15) is 5.26 Å². The molecule has 0 heterocycles. The summed E-state index contributed by atoms with van der Waals surface area (Å²) in [4.78, 5) is 0. The molecule has 0 aromatic carbocycles. The quantitative estimate of drug-likeness (QED) is 0.771. The van der Waals surface area contributed by atoms with Crippen LogP contribution in [0.25, 0.3) is 0 Å². The van der Waals surface area contributed by atoms with E-state index in [1.165, 1.54) is 32.1 Å². The van der Waals surface area contributed by atoms with E-state index < -0.39 is 0 Å². The number of nitrogens with one attached hydrogen (secondary N) is 1. The molecule has 1 rings (SSSR count). The fraction of sp³-hybridized carbons (Fsp3) is 0.929. The van der Waals surface area contributed by atoms with Crippen LogP contribution >= 0.6 is 0 Å². The molecule has 0 saturated heterocycles. The van der Waals surface area contributed by atoms with Gasteiger partial charge in [0.05, 0.1) is 6.07 Å². The molecule has 2 nitrogen and oxygen atoms in total. The Labute approximate surface area is 100 Å². The van der Waals surface area contributed by atoms with E-state index in [-0.39, 0.29) is 5.41 Å². The van der Waals surface area contributed by atoms with Gasteiger partial charge in [0.2, 0.25) is 0 Å². The lowest BCUT2D eigenvalue weighted by Crippen LogP contribution is -2.47. The molecule has 1 N–H and O–H groups in total. The maximum atomic E-state index is 8.63. The molecule has 0 atom stereocenters. The van der Waals surface area contributed by atoms with Crippen molar-refractivity contribution in [2.45, 2.75) is 71.3 Å². The lowest BCUT2D eigenvalue weighted by molar-refractivity contribution is 0.207. The largest absolute Gasteiger partial charge is 0.311 e. The zero-order chi connectivity index (χ0) is 12.1. The number of rotatable bonds is 5. The second-order valence-corrected chi connectivity index (χ2v) is 6.30. The highest BCUT2D eigenvalue weighted by atomic mass is 15.0. The number of hydrogen-bond acceptors (Lipinski definition) is 2. The summed E-state index contributed by atoms with van der Waals surface area (Å²) in [5.41, 5.74) is 0.596. The molecular weight excluding hydrogens is 196 g/mol. The molecule has 16 heavy (non-hydrogen) atoms. The lowest BCUT2D eigenvalue weighted by Gasteiger charge is -2.38. The standard InChI is InChI=1S/C14H26N2/c1-13(2,8-7-11-15)12-16-14(3)9-5-4-6-10-14/h16H,4-10,12H2,1-3H3. The van der Waals surface area contributed by atoms with E-state index >= 15 is 0 Å². The van der Waals surface area contributed by atoms with Crippen molar-refractivity contribution in [3.63, 3.8) is 0 Å². The maximum absolute atomic E-state index is 8.63. The molecule has 1 aliphatic rings. The minimum Gasteiger partial charge on any atom is -0.311 e. The van der Waals surface area contributed by atoms with Gasteiger partial charge in [-0.1, -0.05) is 33.1 Å². The number of hydrogen-bond donors (Lipinski definition) is 1. The van der Waals surface area contributed by atoms with Crippen LogP contribution in [0.3, 0.4) is 0 Å². The van der Waals surface area contributed by atoms with Crippen molar-refractivity contribution in [2.75, 3.05) is 6.54 Å². The predicted octanol–water partition coefficient (Wildman–Crippen LogP) is 3.63. The van der Waals surface area contributed by atoms with Crippen LogP contribution in [0.2, 0.25) is 0 Å². The van der Waals surface area contributed by atoms with Crippen LogP contribution in [-0.2, 0) is 0 Å². The molecule has 1 fully saturated rings. The van der Waals surface area contributed by atoms with Crippen LogP contribution in [0.5, 0.6) is 0 Å². The first kappa shape index (κ1) is 13.5. The van der Waals surface area contributed by atoms with Crippen LogP contribution < -0.4 is 5.32 Å². The topological polar surface area (TPSA) is 35.8 Å². The third-order valence-electron chi connectivity index (χ3n) is 3.86. The maximum Gasteiger partial charge on any atom is 0.0621 e. The Morgan fingerprint density at radius 1 is 1.25 bits per heavy atom. The zero-order valence-electron chi connectivity index (χ0n) is 11.1. The van der Waals surface area contributed by atoms with Crippen molar-refractivity contribution >= 4 is 0 Å². The van der Waals surface area contributed by atoms with E-state index in [4.69, 9.17) is 5.26 Å². The van der Waals surface area contributed by atoms with Crippen LogP contribution in [0.15, 0.2) is 0 Å². The van der Waals surface area contributed by atoms with Crippen molar-refractivity contribution in [3.8, 4) is 6.07 Å². The van der Waals surface area contributed by atoms with Gasteiger partial charge in [0.25, 0.3) is 0 Å². The molecule has 0 unspecified atom stereocenters. The molecule has 0 amide bonds. The van der Waals surface area contributed by atoms with Gasteiger partial charge in [-0.25, -0.2) is 0 Å². The molecule has 0 bridgehead atoms. The summed E-state index contributed by atoms with van der Waals surface area (Å²) in [7, 11) is 0. The van der Waals surface area contributed by atoms with Crippen LogP contribution in [-0.4, -0.2) is 12.1 Å². The first-order valence-electron chi connectivity index (χ1n) is 6.59. The first-order chi connectivity index (χ1) is 7.47. The highest BCUT2D eigenvalue weighted by Crippen LogP contribution is 2.29. The predicted molar refractivity (Wildman–Crippen MR) is 68.1 cm³/mol. The molecular formula is C14H26N2. The van der Waals surface area contributed by atoms with Crippen molar-refractivity contribution in [1.29, 1.82) is 5.26 Å². The molecule has 0 aromatic rings. The molecule has 0 aromatic heterocycles. The highest BCUT2D eigenvalue weighted by Gasteiger charge is 2.28. The minimum absolute atomic E-state index is 0.246. The van der Waals surface area contributed by atoms with Crippen LogP contribution in [0.4, 0.5) is 0 Å². The molecule has 2 heteroatoms. The normalized spacial score (nSPS) is 20.4. The van der Waals surface area contributed by atoms with E-state index in [1.54, 1.807) is 0 Å². The Hall–Kier alpha value is -0.550. The number of nitrogens with zero attached hydrogens (tertiary/aromatic N) is 1. The fourth-order valence-electron chi connectivity index (χ4n) is 2.44. The smallest absolute Gasteiger partial charge is 0.0621 e. The average Bonchev–Trinajstić information content (AvgIpc) is 2.25. The second kappa shape index (κ2) is 5.68. The third-order valence-corrected chi connectivity index (χ3v) is 3.86. The fourth-order valence-corrected chi connectivity index (χ4v) is 2.44. The molecule has 1 aliphatic carbocycles. The summed E-state index contributed by atoms with van der Waals surface area (Å²) in [6.07, 6.45) is 8.40.